The van der Waals surface area contributed by atoms with Crippen LogP contribution in [0, 0.1) is 5.92 Å². The second-order valence-electron chi connectivity index (χ2n) is 6.92. The van der Waals surface area contributed by atoms with Gasteiger partial charge in [0.05, 0.1) is 0 Å². The monoisotopic (exact) mass is 350 g/mol. The van der Waals surface area contributed by atoms with Gasteiger partial charge < -0.3 is 10.2 Å². The molecule has 0 saturated heterocycles. The molecule has 2 aromatic carbocycles. The van der Waals surface area contributed by atoms with Gasteiger partial charge >= 0.3 is 0 Å². The summed E-state index contributed by atoms with van der Waals surface area (Å²) in [5, 5.41) is 2.89. The molecule has 0 heterocycles. The number of amides is 2. The Labute approximate surface area is 155 Å². The zero-order chi connectivity index (χ0) is 18.5. The Hall–Kier alpha value is -2.62. The maximum absolute atomic E-state index is 12.8. The first-order valence-corrected chi connectivity index (χ1v) is 9.30. The molecule has 0 radical (unpaired) electrons. The molecule has 4 nitrogen and oxygen atoms in total. The molecule has 2 amide bonds. The lowest BCUT2D eigenvalue weighted by Gasteiger charge is -2.25. The molecule has 0 bridgehead atoms. The zero-order valence-corrected chi connectivity index (χ0v) is 15.4. The number of nitrogens with one attached hydrogen (secondary N) is 1. The van der Waals surface area contributed by atoms with Gasteiger partial charge in [-0.05, 0) is 49.4 Å². The van der Waals surface area contributed by atoms with Crippen LogP contribution in [0.4, 0.5) is 0 Å². The van der Waals surface area contributed by atoms with Crippen molar-refractivity contribution in [2.24, 2.45) is 5.92 Å². The van der Waals surface area contributed by atoms with Crippen LogP contribution < -0.4 is 5.32 Å². The average Bonchev–Trinajstić information content (AvgIpc) is 3.18. The van der Waals surface area contributed by atoms with Crippen LogP contribution >= 0.6 is 0 Å². The minimum atomic E-state index is 0.0196. The molecule has 2 atom stereocenters. The van der Waals surface area contributed by atoms with E-state index in [4.69, 9.17) is 0 Å². The van der Waals surface area contributed by atoms with E-state index < -0.39 is 0 Å². The normalized spacial score (nSPS) is 19.2. The summed E-state index contributed by atoms with van der Waals surface area (Å²) >= 11 is 0. The minimum Gasteiger partial charge on any atom is -0.356 e. The molecule has 4 heteroatoms. The van der Waals surface area contributed by atoms with E-state index in [2.05, 4.69) is 17.4 Å². The fourth-order valence-electron chi connectivity index (χ4n) is 3.67. The second kappa shape index (κ2) is 8.17. The first-order valence-electron chi connectivity index (χ1n) is 9.30. The molecule has 3 rings (SSSR count). The molecule has 0 aliphatic heterocycles. The lowest BCUT2D eigenvalue weighted by Crippen LogP contribution is -2.36. The molecular weight excluding hydrogens is 324 g/mol. The Morgan fingerprint density at radius 1 is 1.00 bits per heavy atom. The fraction of sp³-hybridized carbons (Fsp3) is 0.364. The van der Waals surface area contributed by atoms with E-state index >= 15 is 0 Å². The highest BCUT2D eigenvalue weighted by atomic mass is 16.2. The molecule has 2 aromatic rings. The quantitative estimate of drug-likeness (QED) is 0.893. The molecule has 1 aliphatic carbocycles. The summed E-state index contributed by atoms with van der Waals surface area (Å²) in [5.74, 6) is 0.157. The maximum Gasteiger partial charge on any atom is 0.253 e. The average molecular weight is 350 g/mol. The highest BCUT2D eigenvalue weighted by Crippen LogP contribution is 2.30. The number of nitrogens with zero attached hydrogens (tertiary/aromatic N) is 1. The van der Waals surface area contributed by atoms with Gasteiger partial charge in [0, 0.05) is 31.1 Å². The van der Waals surface area contributed by atoms with E-state index in [1.165, 1.54) is 0 Å². The Kier molecular flexibility index (Phi) is 5.71. The number of hydrogen-bond acceptors (Lipinski definition) is 2. The summed E-state index contributed by atoms with van der Waals surface area (Å²) in [6.07, 6.45) is 2.48. The summed E-state index contributed by atoms with van der Waals surface area (Å²) in [6, 6.07) is 18.0. The third-order valence-corrected chi connectivity index (χ3v) is 5.23. The third kappa shape index (κ3) is 3.96. The Bertz CT molecular complexity index is 755. The van der Waals surface area contributed by atoms with Gasteiger partial charge in [0.25, 0.3) is 5.91 Å². The molecule has 0 spiro atoms. The molecule has 1 fully saturated rings. The van der Waals surface area contributed by atoms with Crippen molar-refractivity contribution >= 4 is 11.8 Å². The van der Waals surface area contributed by atoms with Crippen LogP contribution in [0.2, 0.25) is 0 Å². The van der Waals surface area contributed by atoms with Crippen LogP contribution in [0.25, 0.3) is 11.1 Å². The van der Waals surface area contributed by atoms with Crippen LogP contribution in [0.15, 0.2) is 54.6 Å². The summed E-state index contributed by atoms with van der Waals surface area (Å²) in [5.41, 5.74) is 2.93. The first kappa shape index (κ1) is 18.2. The maximum atomic E-state index is 12.8. The Morgan fingerprint density at radius 3 is 2.31 bits per heavy atom. The molecule has 26 heavy (non-hydrogen) atoms. The molecule has 1 saturated carbocycles. The Balaban J connectivity index is 1.65. The Morgan fingerprint density at radius 2 is 1.65 bits per heavy atom. The van der Waals surface area contributed by atoms with Crippen LogP contribution in [-0.2, 0) is 4.79 Å². The van der Waals surface area contributed by atoms with Crippen LogP contribution in [0.5, 0.6) is 0 Å². The van der Waals surface area contributed by atoms with Gasteiger partial charge in [0.1, 0.15) is 0 Å². The van der Waals surface area contributed by atoms with E-state index in [0.29, 0.717) is 12.1 Å². The number of carbonyl (C=O) groups is 2. The van der Waals surface area contributed by atoms with Crippen molar-refractivity contribution in [3.8, 4) is 11.1 Å². The van der Waals surface area contributed by atoms with Gasteiger partial charge in [-0.25, -0.2) is 0 Å². The van der Waals surface area contributed by atoms with Gasteiger partial charge in [0.2, 0.25) is 5.91 Å². The van der Waals surface area contributed by atoms with E-state index in [1.54, 1.807) is 4.90 Å². The number of benzene rings is 2. The highest BCUT2D eigenvalue weighted by Gasteiger charge is 2.33. The molecule has 1 N–H and O–H groups in total. The van der Waals surface area contributed by atoms with Crippen molar-refractivity contribution in [2.75, 3.05) is 13.6 Å². The van der Waals surface area contributed by atoms with Gasteiger partial charge in [-0.3, -0.25) is 9.59 Å². The van der Waals surface area contributed by atoms with Crippen molar-refractivity contribution in [3.63, 3.8) is 0 Å². The third-order valence-electron chi connectivity index (χ3n) is 5.23. The smallest absolute Gasteiger partial charge is 0.253 e. The molecule has 0 unspecified atom stereocenters. The standard InChI is InChI=1S/C22H26N2O2/c1-3-23-21(25)19-13-14-20(15-19)24(2)22(26)18-11-9-17(10-12-18)16-7-5-4-6-8-16/h4-12,19-20H,3,13-15H2,1-2H3,(H,23,25)/t19-,20+/m0/s1. The summed E-state index contributed by atoms with van der Waals surface area (Å²) in [4.78, 5) is 26.6. The van der Waals surface area contributed by atoms with Crippen LogP contribution in [0.1, 0.15) is 36.5 Å². The van der Waals surface area contributed by atoms with Crippen molar-refractivity contribution in [1.82, 2.24) is 10.2 Å². The lowest BCUT2D eigenvalue weighted by atomic mass is 10.0. The lowest BCUT2D eigenvalue weighted by molar-refractivity contribution is -0.124. The van der Waals surface area contributed by atoms with Crippen LogP contribution in [0.3, 0.4) is 0 Å². The van der Waals surface area contributed by atoms with E-state index in [0.717, 1.165) is 30.4 Å². The van der Waals surface area contributed by atoms with Crippen molar-refractivity contribution < 1.29 is 9.59 Å². The summed E-state index contributed by atoms with van der Waals surface area (Å²) in [7, 11) is 1.85. The van der Waals surface area contributed by atoms with E-state index in [1.807, 2.05) is 56.4 Å². The van der Waals surface area contributed by atoms with Crippen molar-refractivity contribution in [1.29, 1.82) is 0 Å². The van der Waals surface area contributed by atoms with Gasteiger partial charge in [-0.15, -0.1) is 0 Å². The predicted octanol–water partition coefficient (Wildman–Crippen LogP) is 3.73. The molecular formula is C22H26N2O2. The minimum absolute atomic E-state index is 0.0196. The fourth-order valence-corrected chi connectivity index (χ4v) is 3.67. The van der Waals surface area contributed by atoms with Crippen LogP contribution in [-0.4, -0.2) is 36.3 Å². The SMILES string of the molecule is CCNC(=O)[C@H]1CC[C@@H](N(C)C(=O)c2ccc(-c3ccccc3)cc2)C1. The van der Waals surface area contributed by atoms with Gasteiger partial charge in [0.15, 0.2) is 0 Å². The van der Waals surface area contributed by atoms with Crippen molar-refractivity contribution in [2.45, 2.75) is 32.2 Å². The topological polar surface area (TPSA) is 49.4 Å². The molecule has 0 aromatic heterocycles. The number of carbonyl (C=O) groups excluding carboxylic acids is 2. The van der Waals surface area contributed by atoms with E-state index in [-0.39, 0.29) is 23.8 Å². The van der Waals surface area contributed by atoms with Crippen molar-refractivity contribution in [3.05, 3.63) is 60.2 Å². The predicted molar refractivity (Wildman–Crippen MR) is 104 cm³/mol. The molecule has 1 aliphatic rings. The summed E-state index contributed by atoms with van der Waals surface area (Å²) in [6.45, 7) is 2.58. The first-order chi connectivity index (χ1) is 12.6. The van der Waals surface area contributed by atoms with Gasteiger partial charge in [-0.2, -0.15) is 0 Å². The number of rotatable bonds is 5. The zero-order valence-electron chi connectivity index (χ0n) is 15.4. The summed E-state index contributed by atoms with van der Waals surface area (Å²) < 4.78 is 0. The molecule has 136 valence electrons. The largest absolute Gasteiger partial charge is 0.356 e. The highest BCUT2D eigenvalue weighted by molar-refractivity contribution is 5.95. The van der Waals surface area contributed by atoms with Gasteiger partial charge in [-0.1, -0.05) is 42.5 Å². The number of hydrogen-bond donors (Lipinski definition) is 1. The second-order valence-corrected chi connectivity index (χ2v) is 6.92. The van der Waals surface area contributed by atoms with E-state index in [9.17, 15) is 9.59 Å².